The first-order valence-corrected chi connectivity index (χ1v) is 12.4. The van der Waals surface area contributed by atoms with Crippen LogP contribution in [-0.2, 0) is 14.4 Å². The van der Waals surface area contributed by atoms with E-state index in [0.717, 1.165) is 0 Å². The summed E-state index contributed by atoms with van der Waals surface area (Å²) in [7, 11) is 1.38. The summed E-state index contributed by atoms with van der Waals surface area (Å²) < 4.78 is 51.4. The number of carbonyl (C=O) groups is 3. The Labute approximate surface area is 242 Å². The lowest BCUT2D eigenvalue weighted by Gasteiger charge is -2.12. The maximum atomic E-state index is 15.2. The molecule has 0 unspecified atom stereocenters. The summed E-state index contributed by atoms with van der Waals surface area (Å²) in [6.07, 6.45) is 2.79. The molecule has 0 amide bonds. The van der Waals surface area contributed by atoms with Gasteiger partial charge in [0, 0.05) is 27.8 Å². The molecule has 0 aromatic heterocycles. The number of carbonyl (C=O) groups excluding carboxylic acids is 3. The summed E-state index contributed by atoms with van der Waals surface area (Å²) in [6, 6.07) is 11.4. The third kappa shape index (κ3) is 7.45. The standard InChI is InChI=1S/C33H28F2O7/c1-18(2)31(36)40-26-14-9-21(16-27(26)41-32(37)19(3)4)8-10-22-11-13-24(30(35)29(22)34)23-12-15-25(39-7)28(17-23)42-33(38)20(5)6/h8-17H,1,3,5H2,2,4,6-7H3/b10-8+. The number of benzene rings is 3. The minimum Gasteiger partial charge on any atom is -0.493 e. The first-order valence-electron chi connectivity index (χ1n) is 12.4. The minimum atomic E-state index is -1.13. The molecule has 216 valence electrons. The van der Waals surface area contributed by atoms with Crippen LogP contribution >= 0.6 is 0 Å². The highest BCUT2D eigenvalue weighted by molar-refractivity contribution is 5.91. The highest BCUT2D eigenvalue weighted by Gasteiger charge is 2.18. The molecule has 3 rings (SSSR count). The summed E-state index contributed by atoms with van der Waals surface area (Å²) in [5, 5.41) is 0. The smallest absolute Gasteiger partial charge is 0.338 e. The number of hydrogen-bond donors (Lipinski definition) is 0. The normalized spacial score (nSPS) is 10.6. The Kier molecular flexibility index (Phi) is 9.93. The van der Waals surface area contributed by atoms with E-state index in [9.17, 15) is 14.4 Å². The number of methoxy groups -OCH3 is 1. The van der Waals surface area contributed by atoms with Crippen LogP contribution in [0.15, 0.2) is 85.0 Å². The van der Waals surface area contributed by atoms with Crippen LogP contribution in [0.25, 0.3) is 23.3 Å². The molecule has 0 N–H and O–H groups in total. The van der Waals surface area contributed by atoms with Gasteiger partial charge in [0.1, 0.15) is 0 Å². The average Bonchev–Trinajstić information content (AvgIpc) is 2.94. The molecule has 0 aliphatic carbocycles. The van der Waals surface area contributed by atoms with Crippen molar-refractivity contribution in [2.24, 2.45) is 0 Å². The summed E-state index contributed by atoms with van der Waals surface area (Å²) in [4.78, 5) is 36.1. The van der Waals surface area contributed by atoms with Gasteiger partial charge in [0.25, 0.3) is 0 Å². The molecule has 0 aliphatic heterocycles. The Morgan fingerprint density at radius 2 is 1.17 bits per heavy atom. The molecule has 0 atom stereocenters. The molecular formula is C33H28F2O7. The van der Waals surface area contributed by atoms with E-state index in [1.807, 2.05) is 0 Å². The number of halogens is 2. The van der Waals surface area contributed by atoms with Crippen molar-refractivity contribution in [3.8, 4) is 34.1 Å². The van der Waals surface area contributed by atoms with Crippen molar-refractivity contribution in [3.63, 3.8) is 0 Å². The topological polar surface area (TPSA) is 88.1 Å². The Morgan fingerprint density at radius 1 is 0.643 bits per heavy atom. The van der Waals surface area contributed by atoms with E-state index in [1.165, 1.54) is 88.6 Å². The van der Waals surface area contributed by atoms with Gasteiger partial charge in [0.15, 0.2) is 34.6 Å². The predicted octanol–water partition coefficient (Wildman–Crippen LogP) is 7.26. The Hall–Kier alpha value is -5.31. The van der Waals surface area contributed by atoms with Gasteiger partial charge in [-0.2, -0.15) is 0 Å². The molecule has 42 heavy (non-hydrogen) atoms. The second kappa shape index (κ2) is 13.4. The van der Waals surface area contributed by atoms with Crippen molar-refractivity contribution in [2.75, 3.05) is 7.11 Å². The lowest BCUT2D eigenvalue weighted by Crippen LogP contribution is -2.12. The summed E-state index contributed by atoms with van der Waals surface area (Å²) in [6.45, 7) is 15.0. The molecule has 3 aromatic carbocycles. The molecule has 0 bridgehead atoms. The quantitative estimate of drug-likeness (QED) is 0.109. The summed E-state index contributed by atoms with van der Waals surface area (Å²) in [5.41, 5.74) is 0.933. The Balaban J connectivity index is 1.94. The fraction of sp³-hybridized carbons (Fsp3) is 0.121. The highest BCUT2D eigenvalue weighted by atomic mass is 19.2. The zero-order valence-electron chi connectivity index (χ0n) is 23.5. The largest absolute Gasteiger partial charge is 0.493 e. The van der Waals surface area contributed by atoms with Crippen LogP contribution in [0.3, 0.4) is 0 Å². The molecule has 0 heterocycles. The molecule has 0 saturated heterocycles. The number of esters is 3. The van der Waals surface area contributed by atoms with Crippen molar-refractivity contribution in [1.82, 2.24) is 0 Å². The first-order chi connectivity index (χ1) is 19.8. The second-order valence-electron chi connectivity index (χ2n) is 9.25. The van der Waals surface area contributed by atoms with Crippen molar-refractivity contribution in [1.29, 1.82) is 0 Å². The van der Waals surface area contributed by atoms with Crippen molar-refractivity contribution in [2.45, 2.75) is 20.8 Å². The number of hydrogen-bond acceptors (Lipinski definition) is 7. The van der Waals surface area contributed by atoms with E-state index in [2.05, 4.69) is 19.7 Å². The van der Waals surface area contributed by atoms with Gasteiger partial charge >= 0.3 is 17.9 Å². The fourth-order valence-electron chi connectivity index (χ4n) is 3.38. The van der Waals surface area contributed by atoms with Crippen LogP contribution in [0.2, 0.25) is 0 Å². The monoisotopic (exact) mass is 574 g/mol. The van der Waals surface area contributed by atoms with E-state index < -0.39 is 29.5 Å². The van der Waals surface area contributed by atoms with Gasteiger partial charge < -0.3 is 18.9 Å². The Bertz CT molecular complexity index is 1650. The lowest BCUT2D eigenvalue weighted by molar-refractivity contribution is -0.132. The molecule has 0 spiro atoms. The van der Waals surface area contributed by atoms with Crippen molar-refractivity contribution >= 4 is 30.1 Å². The van der Waals surface area contributed by atoms with Crippen molar-refractivity contribution < 1.29 is 42.1 Å². The number of rotatable bonds is 10. The highest BCUT2D eigenvalue weighted by Crippen LogP contribution is 2.36. The molecule has 7 nitrogen and oxygen atoms in total. The zero-order chi connectivity index (χ0) is 31.1. The maximum absolute atomic E-state index is 15.2. The van der Waals surface area contributed by atoms with Gasteiger partial charge in [-0.1, -0.05) is 56.2 Å². The van der Waals surface area contributed by atoms with Crippen LogP contribution in [-0.4, -0.2) is 25.0 Å². The summed E-state index contributed by atoms with van der Waals surface area (Å²) in [5.74, 6) is -4.29. The van der Waals surface area contributed by atoms with Crippen LogP contribution in [0.5, 0.6) is 23.0 Å². The average molecular weight is 575 g/mol. The molecule has 9 heteroatoms. The van der Waals surface area contributed by atoms with Crippen LogP contribution in [0, 0.1) is 11.6 Å². The van der Waals surface area contributed by atoms with E-state index in [4.69, 9.17) is 18.9 Å². The third-order valence-corrected chi connectivity index (χ3v) is 5.66. The van der Waals surface area contributed by atoms with Crippen molar-refractivity contribution in [3.05, 3.63) is 108 Å². The first kappa shape index (κ1) is 31.2. The van der Waals surface area contributed by atoms with Gasteiger partial charge in [-0.25, -0.2) is 23.2 Å². The molecule has 0 fully saturated rings. The van der Waals surface area contributed by atoms with Gasteiger partial charge in [-0.05, 0) is 56.2 Å². The molecular weight excluding hydrogens is 546 g/mol. The van der Waals surface area contributed by atoms with Gasteiger partial charge in [0.05, 0.1) is 7.11 Å². The molecule has 0 saturated carbocycles. The van der Waals surface area contributed by atoms with Crippen LogP contribution in [0.1, 0.15) is 31.9 Å². The fourth-order valence-corrected chi connectivity index (χ4v) is 3.38. The number of ether oxygens (including phenoxy) is 4. The molecule has 0 aliphatic rings. The zero-order valence-corrected chi connectivity index (χ0v) is 23.5. The third-order valence-electron chi connectivity index (χ3n) is 5.66. The summed E-state index contributed by atoms with van der Waals surface area (Å²) >= 11 is 0. The lowest BCUT2D eigenvalue weighted by atomic mass is 10.0. The minimum absolute atomic E-state index is 0.0207. The van der Waals surface area contributed by atoms with E-state index >= 15 is 8.78 Å². The molecule has 3 aromatic rings. The SMILES string of the molecule is C=C(C)C(=O)Oc1cc(-c2ccc(/C=C/c3ccc(OC(=O)C(=C)C)c(OC(=O)C(=C)C)c3)c(F)c2F)ccc1OC. The van der Waals surface area contributed by atoms with E-state index in [0.29, 0.717) is 5.56 Å². The van der Waals surface area contributed by atoms with Gasteiger partial charge in [-0.15, -0.1) is 0 Å². The van der Waals surface area contributed by atoms with Crippen LogP contribution in [0.4, 0.5) is 8.78 Å². The van der Waals surface area contributed by atoms with Crippen LogP contribution < -0.4 is 18.9 Å². The van der Waals surface area contributed by atoms with Gasteiger partial charge in [0.2, 0.25) is 0 Å². The van der Waals surface area contributed by atoms with Gasteiger partial charge in [-0.3, -0.25) is 0 Å². The predicted molar refractivity (Wildman–Crippen MR) is 155 cm³/mol. The second-order valence-corrected chi connectivity index (χ2v) is 9.25. The Morgan fingerprint density at radius 3 is 1.71 bits per heavy atom. The molecule has 0 radical (unpaired) electrons. The van der Waals surface area contributed by atoms with E-state index in [1.54, 1.807) is 0 Å². The maximum Gasteiger partial charge on any atom is 0.338 e. The van der Waals surface area contributed by atoms with E-state index in [-0.39, 0.29) is 56.4 Å².